The molecular formula is C19H19BrN2O6. The molecule has 0 aromatic heterocycles. The van der Waals surface area contributed by atoms with Crippen LogP contribution in [-0.2, 0) is 34.0 Å². The van der Waals surface area contributed by atoms with Gasteiger partial charge in [-0.3, -0.25) is 4.79 Å². The molecule has 3 rings (SSSR count). The first-order valence-corrected chi connectivity index (χ1v) is 9.24. The van der Waals surface area contributed by atoms with E-state index in [-0.39, 0.29) is 22.8 Å². The number of carbonyl (C=O) groups excluding carboxylic acids is 3. The second kappa shape index (κ2) is 6.97. The van der Waals surface area contributed by atoms with E-state index in [1.165, 1.54) is 6.92 Å². The molecule has 9 heteroatoms. The predicted octanol–water partition coefficient (Wildman–Crippen LogP) is 2.24. The Kier molecular flexibility index (Phi) is 4.97. The lowest BCUT2D eigenvalue weighted by molar-refractivity contribution is -0.145. The van der Waals surface area contributed by atoms with Gasteiger partial charge in [-0.15, -0.1) is 0 Å². The summed E-state index contributed by atoms with van der Waals surface area (Å²) >= 11 is 3.37. The van der Waals surface area contributed by atoms with Crippen LogP contribution in [-0.4, -0.2) is 31.1 Å². The van der Waals surface area contributed by atoms with Crippen molar-refractivity contribution >= 4 is 39.5 Å². The van der Waals surface area contributed by atoms with Crippen molar-refractivity contribution in [2.75, 3.05) is 12.4 Å². The molecule has 0 saturated heterocycles. The number of rotatable bonds is 3. The van der Waals surface area contributed by atoms with Crippen LogP contribution < -0.4 is 11.1 Å². The molecule has 2 heterocycles. The number of hydrogen-bond donors (Lipinski definition) is 2. The van der Waals surface area contributed by atoms with Crippen LogP contribution in [0.1, 0.15) is 26.3 Å². The molecule has 0 bridgehead atoms. The van der Waals surface area contributed by atoms with Crippen LogP contribution in [0.25, 0.3) is 0 Å². The number of halogens is 1. The van der Waals surface area contributed by atoms with Gasteiger partial charge in [0.2, 0.25) is 11.8 Å². The minimum absolute atomic E-state index is 0.0683. The molecule has 1 spiro atoms. The maximum absolute atomic E-state index is 13.3. The quantitative estimate of drug-likeness (QED) is 0.677. The number of carbonyl (C=O) groups is 3. The van der Waals surface area contributed by atoms with E-state index in [0.29, 0.717) is 15.7 Å². The van der Waals surface area contributed by atoms with Gasteiger partial charge in [0.15, 0.2) is 0 Å². The van der Waals surface area contributed by atoms with E-state index in [1.807, 2.05) is 0 Å². The number of hydrogen-bond acceptors (Lipinski definition) is 7. The van der Waals surface area contributed by atoms with Crippen LogP contribution in [0, 0.1) is 0 Å². The minimum atomic E-state index is -1.86. The van der Waals surface area contributed by atoms with Crippen molar-refractivity contribution in [3.05, 3.63) is 51.0 Å². The van der Waals surface area contributed by atoms with Gasteiger partial charge in [-0.1, -0.05) is 15.9 Å². The van der Waals surface area contributed by atoms with Gasteiger partial charge >= 0.3 is 11.9 Å². The third kappa shape index (κ3) is 2.77. The van der Waals surface area contributed by atoms with E-state index in [2.05, 4.69) is 21.2 Å². The largest absolute Gasteiger partial charge is 0.465 e. The van der Waals surface area contributed by atoms with E-state index in [9.17, 15) is 14.4 Å². The van der Waals surface area contributed by atoms with Gasteiger partial charge in [0.05, 0.1) is 13.2 Å². The highest BCUT2D eigenvalue weighted by Crippen LogP contribution is 2.53. The fraction of sp³-hybridized carbons (Fsp3) is 0.316. The van der Waals surface area contributed by atoms with Crippen LogP contribution in [0.5, 0.6) is 0 Å². The summed E-state index contributed by atoms with van der Waals surface area (Å²) in [7, 11) is 1.16. The summed E-state index contributed by atoms with van der Waals surface area (Å²) in [5, 5.41) is 2.72. The molecule has 1 aromatic rings. The van der Waals surface area contributed by atoms with Crippen molar-refractivity contribution in [2.24, 2.45) is 5.73 Å². The number of esters is 2. The highest BCUT2D eigenvalue weighted by Gasteiger charge is 2.61. The van der Waals surface area contributed by atoms with Crippen molar-refractivity contribution < 1.29 is 28.6 Å². The molecule has 1 unspecified atom stereocenters. The van der Waals surface area contributed by atoms with Crippen molar-refractivity contribution in [2.45, 2.75) is 32.3 Å². The number of ether oxygens (including phenoxy) is 3. The van der Waals surface area contributed by atoms with Gasteiger partial charge in [0, 0.05) is 15.7 Å². The molecule has 1 atom stereocenters. The summed E-state index contributed by atoms with van der Waals surface area (Å²) in [6, 6.07) is 5.03. The molecule has 0 fully saturated rings. The summed E-state index contributed by atoms with van der Waals surface area (Å²) in [6.07, 6.45) is -0.457. The number of benzene rings is 1. The summed E-state index contributed by atoms with van der Waals surface area (Å²) < 4.78 is 16.3. The van der Waals surface area contributed by atoms with Gasteiger partial charge in [0.1, 0.15) is 22.3 Å². The van der Waals surface area contributed by atoms with Crippen molar-refractivity contribution in [3.8, 4) is 0 Å². The topological polar surface area (TPSA) is 117 Å². The monoisotopic (exact) mass is 450 g/mol. The fourth-order valence-electron chi connectivity index (χ4n) is 3.54. The zero-order valence-corrected chi connectivity index (χ0v) is 17.3. The molecule has 148 valence electrons. The van der Waals surface area contributed by atoms with Gasteiger partial charge < -0.3 is 25.3 Å². The van der Waals surface area contributed by atoms with Crippen LogP contribution in [0.2, 0.25) is 0 Å². The number of anilines is 1. The van der Waals surface area contributed by atoms with E-state index >= 15 is 0 Å². The molecule has 2 aliphatic heterocycles. The highest BCUT2D eigenvalue weighted by molar-refractivity contribution is 9.10. The first-order chi connectivity index (χ1) is 13.1. The Morgan fingerprint density at radius 3 is 2.54 bits per heavy atom. The average Bonchev–Trinajstić information content (AvgIpc) is 2.86. The van der Waals surface area contributed by atoms with Crippen LogP contribution in [0.15, 0.2) is 45.5 Å². The highest BCUT2D eigenvalue weighted by atomic mass is 79.9. The summed E-state index contributed by atoms with van der Waals surface area (Å²) in [5.74, 6) is -2.54. The lowest BCUT2D eigenvalue weighted by Gasteiger charge is -2.35. The van der Waals surface area contributed by atoms with E-state index < -0.39 is 29.4 Å². The molecule has 28 heavy (non-hydrogen) atoms. The molecule has 0 aliphatic carbocycles. The Bertz CT molecular complexity index is 965. The zero-order chi connectivity index (χ0) is 20.8. The summed E-state index contributed by atoms with van der Waals surface area (Å²) in [4.78, 5) is 39.0. The van der Waals surface area contributed by atoms with Crippen LogP contribution in [0.4, 0.5) is 5.69 Å². The number of nitrogens with two attached hydrogens (primary N) is 1. The van der Waals surface area contributed by atoms with Crippen molar-refractivity contribution in [1.29, 1.82) is 0 Å². The Balaban J connectivity index is 2.40. The molecule has 0 saturated carbocycles. The second-order valence-electron chi connectivity index (χ2n) is 6.61. The fourth-order valence-corrected chi connectivity index (χ4v) is 3.90. The van der Waals surface area contributed by atoms with Gasteiger partial charge in [-0.2, -0.15) is 0 Å². The predicted molar refractivity (Wildman–Crippen MR) is 103 cm³/mol. The number of methoxy groups -OCH3 is 1. The standard InChI is InChI=1S/C19H19BrN2O6/c1-8(2)27-17(24)13-9(3)28-15(21)14(16(23)26-4)19(13)11-7-10(20)5-6-12(11)22-18(19)25/h5-8H,21H2,1-4H3,(H,22,25). The molecule has 3 N–H and O–H groups in total. The number of allylic oxidation sites excluding steroid dienone is 1. The average molecular weight is 451 g/mol. The van der Waals surface area contributed by atoms with Gasteiger partial charge in [-0.05, 0) is 39.0 Å². The Morgan fingerprint density at radius 1 is 1.25 bits per heavy atom. The Labute approximate surface area is 169 Å². The first kappa shape index (κ1) is 19.9. The molecular weight excluding hydrogens is 432 g/mol. The molecule has 1 aromatic carbocycles. The molecule has 2 aliphatic rings. The zero-order valence-electron chi connectivity index (χ0n) is 15.7. The lowest BCUT2D eigenvalue weighted by Crippen LogP contribution is -2.48. The number of amides is 1. The van der Waals surface area contributed by atoms with Gasteiger partial charge in [-0.25, -0.2) is 9.59 Å². The Hall–Kier alpha value is -2.81. The van der Waals surface area contributed by atoms with E-state index in [4.69, 9.17) is 19.9 Å². The van der Waals surface area contributed by atoms with Gasteiger partial charge in [0.25, 0.3) is 0 Å². The first-order valence-electron chi connectivity index (χ1n) is 8.44. The third-order valence-electron chi connectivity index (χ3n) is 4.52. The minimum Gasteiger partial charge on any atom is -0.465 e. The van der Waals surface area contributed by atoms with Crippen LogP contribution in [0.3, 0.4) is 0 Å². The van der Waals surface area contributed by atoms with Crippen molar-refractivity contribution in [3.63, 3.8) is 0 Å². The van der Waals surface area contributed by atoms with E-state index in [0.717, 1.165) is 7.11 Å². The normalized spacial score (nSPS) is 20.9. The number of fused-ring (bicyclic) bond motifs is 2. The number of nitrogens with one attached hydrogen (secondary N) is 1. The second-order valence-corrected chi connectivity index (χ2v) is 7.53. The van der Waals surface area contributed by atoms with E-state index in [1.54, 1.807) is 32.0 Å². The maximum atomic E-state index is 13.3. The smallest absolute Gasteiger partial charge is 0.340 e. The SMILES string of the molecule is COC(=O)C1=C(N)OC(C)=C(C(=O)OC(C)C)C12C(=O)Nc1ccc(Br)cc12. The summed E-state index contributed by atoms with van der Waals surface area (Å²) in [5.41, 5.74) is 4.56. The summed E-state index contributed by atoms with van der Waals surface area (Å²) in [6.45, 7) is 4.84. The maximum Gasteiger partial charge on any atom is 0.340 e. The lowest BCUT2D eigenvalue weighted by atomic mass is 9.67. The Morgan fingerprint density at radius 2 is 1.93 bits per heavy atom. The molecule has 8 nitrogen and oxygen atoms in total. The van der Waals surface area contributed by atoms with Crippen molar-refractivity contribution in [1.82, 2.24) is 0 Å². The molecule has 0 radical (unpaired) electrons. The third-order valence-corrected chi connectivity index (χ3v) is 5.02. The van der Waals surface area contributed by atoms with Crippen LogP contribution >= 0.6 is 15.9 Å². The molecule has 1 amide bonds.